The first-order valence-electron chi connectivity index (χ1n) is 7.36. The van der Waals surface area contributed by atoms with Crippen molar-refractivity contribution in [3.8, 4) is 0 Å². The van der Waals surface area contributed by atoms with Gasteiger partial charge in [-0.3, -0.25) is 0 Å². The number of benzene rings is 1. The number of hydrogen-bond donors (Lipinski definition) is 1. The summed E-state index contributed by atoms with van der Waals surface area (Å²) >= 11 is 3.66. The van der Waals surface area contributed by atoms with E-state index < -0.39 is 0 Å². The van der Waals surface area contributed by atoms with Crippen molar-refractivity contribution in [2.45, 2.75) is 39.8 Å². The van der Waals surface area contributed by atoms with Crippen molar-refractivity contribution < 1.29 is 4.74 Å². The first-order chi connectivity index (χ1) is 9.54. The van der Waals surface area contributed by atoms with Crippen LogP contribution in [0.15, 0.2) is 22.7 Å². The molecule has 1 aromatic carbocycles. The van der Waals surface area contributed by atoms with Crippen LogP contribution in [0.5, 0.6) is 0 Å². The molecule has 0 aliphatic rings. The Morgan fingerprint density at radius 3 is 2.70 bits per heavy atom. The molecule has 1 aromatic rings. The number of rotatable bonds is 9. The van der Waals surface area contributed by atoms with E-state index in [1.54, 1.807) is 0 Å². The van der Waals surface area contributed by atoms with Gasteiger partial charge in [0.1, 0.15) is 0 Å². The monoisotopic (exact) mass is 342 g/mol. The number of nitrogens with zero attached hydrogens (tertiary/aromatic N) is 1. The highest BCUT2D eigenvalue weighted by Gasteiger charge is 2.05. The highest BCUT2D eigenvalue weighted by atomic mass is 79.9. The van der Waals surface area contributed by atoms with Crippen LogP contribution in [0.1, 0.15) is 32.8 Å². The Hall–Kier alpha value is -0.580. The van der Waals surface area contributed by atoms with Crippen LogP contribution < -0.4 is 10.2 Å². The zero-order valence-electron chi connectivity index (χ0n) is 13.1. The van der Waals surface area contributed by atoms with Gasteiger partial charge in [0.2, 0.25) is 0 Å². The molecular weight excluding hydrogens is 316 g/mol. The van der Waals surface area contributed by atoms with E-state index in [9.17, 15) is 0 Å². The predicted molar refractivity (Wildman–Crippen MR) is 90.5 cm³/mol. The van der Waals surface area contributed by atoms with Crippen LogP contribution in [-0.2, 0) is 11.3 Å². The number of ether oxygens (including phenoxy) is 1. The molecule has 0 unspecified atom stereocenters. The second-order valence-corrected chi connectivity index (χ2v) is 6.15. The van der Waals surface area contributed by atoms with Crippen LogP contribution in [0.2, 0.25) is 0 Å². The standard InChI is InChI=1S/C16H27BrN2O/c1-5-8-18-12-14-6-7-15(11-16(14)17)19(4)9-10-20-13(2)3/h6-7,11,13,18H,5,8-10,12H2,1-4H3. The average Bonchev–Trinajstić information content (AvgIpc) is 2.40. The van der Waals surface area contributed by atoms with Gasteiger partial charge in [-0.05, 0) is 44.5 Å². The van der Waals surface area contributed by atoms with Crippen LogP contribution in [0.3, 0.4) is 0 Å². The van der Waals surface area contributed by atoms with E-state index in [0.29, 0.717) is 6.10 Å². The Kier molecular flexibility index (Phi) is 8.19. The van der Waals surface area contributed by atoms with Crippen molar-refractivity contribution in [1.82, 2.24) is 5.32 Å². The summed E-state index contributed by atoms with van der Waals surface area (Å²) in [6.45, 7) is 9.93. The SMILES string of the molecule is CCCNCc1ccc(N(C)CCOC(C)C)cc1Br. The van der Waals surface area contributed by atoms with Gasteiger partial charge in [0.25, 0.3) is 0 Å². The Bertz CT molecular complexity index is 396. The molecule has 0 aliphatic heterocycles. The normalized spacial score (nSPS) is 11.1. The van der Waals surface area contributed by atoms with Crippen molar-refractivity contribution in [3.63, 3.8) is 0 Å². The van der Waals surface area contributed by atoms with Crippen LogP contribution in [-0.4, -0.2) is 32.8 Å². The Morgan fingerprint density at radius 1 is 1.35 bits per heavy atom. The smallest absolute Gasteiger partial charge is 0.0644 e. The third kappa shape index (κ3) is 6.25. The largest absolute Gasteiger partial charge is 0.377 e. The van der Waals surface area contributed by atoms with Crippen LogP contribution in [0.25, 0.3) is 0 Å². The molecule has 0 saturated heterocycles. The molecule has 3 nitrogen and oxygen atoms in total. The van der Waals surface area contributed by atoms with E-state index >= 15 is 0 Å². The van der Waals surface area contributed by atoms with Gasteiger partial charge in [-0.2, -0.15) is 0 Å². The molecule has 0 amide bonds. The minimum Gasteiger partial charge on any atom is -0.377 e. The summed E-state index contributed by atoms with van der Waals surface area (Å²) in [6.07, 6.45) is 1.45. The fraction of sp³-hybridized carbons (Fsp3) is 0.625. The van der Waals surface area contributed by atoms with Crippen molar-refractivity contribution in [2.24, 2.45) is 0 Å². The quantitative estimate of drug-likeness (QED) is 0.690. The molecule has 0 spiro atoms. The Morgan fingerprint density at radius 2 is 2.10 bits per heavy atom. The van der Waals surface area contributed by atoms with Crippen LogP contribution in [0, 0.1) is 0 Å². The fourth-order valence-corrected chi connectivity index (χ4v) is 2.38. The lowest BCUT2D eigenvalue weighted by atomic mass is 10.2. The van der Waals surface area contributed by atoms with E-state index in [4.69, 9.17) is 4.74 Å². The van der Waals surface area contributed by atoms with Gasteiger partial charge in [0.15, 0.2) is 0 Å². The lowest BCUT2D eigenvalue weighted by molar-refractivity contribution is 0.0846. The summed E-state index contributed by atoms with van der Waals surface area (Å²) in [4.78, 5) is 2.22. The molecule has 0 saturated carbocycles. The molecule has 0 bridgehead atoms. The van der Waals surface area contributed by atoms with Gasteiger partial charge in [0.05, 0.1) is 12.7 Å². The minimum absolute atomic E-state index is 0.294. The van der Waals surface area contributed by atoms with Gasteiger partial charge >= 0.3 is 0 Å². The topological polar surface area (TPSA) is 24.5 Å². The fourth-order valence-electron chi connectivity index (χ4n) is 1.87. The summed E-state index contributed by atoms with van der Waals surface area (Å²) in [6, 6.07) is 6.53. The summed E-state index contributed by atoms with van der Waals surface area (Å²) in [5.41, 5.74) is 2.51. The molecule has 1 rings (SSSR count). The zero-order valence-corrected chi connectivity index (χ0v) is 14.7. The number of hydrogen-bond acceptors (Lipinski definition) is 3. The van der Waals surface area contributed by atoms with Crippen molar-refractivity contribution >= 4 is 21.6 Å². The lowest BCUT2D eigenvalue weighted by Crippen LogP contribution is -2.24. The molecule has 4 heteroatoms. The summed E-state index contributed by atoms with van der Waals surface area (Å²) in [7, 11) is 2.10. The first kappa shape index (κ1) is 17.5. The lowest BCUT2D eigenvalue weighted by Gasteiger charge is -2.21. The third-order valence-electron chi connectivity index (χ3n) is 3.10. The van der Waals surface area contributed by atoms with E-state index in [0.717, 1.165) is 37.1 Å². The van der Waals surface area contributed by atoms with Crippen molar-refractivity contribution in [2.75, 3.05) is 31.6 Å². The minimum atomic E-state index is 0.294. The number of halogens is 1. The van der Waals surface area contributed by atoms with E-state index in [-0.39, 0.29) is 0 Å². The summed E-state index contributed by atoms with van der Waals surface area (Å²) in [5.74, 6) is 0. The summed E-state index contributed by atoms with van der Waals surface area (Å²) in [5, 5.41) is 3.42. The van der Waals surface area contributed by atoms with Crippen molar-refractivity contribution in [1.29, 1.82) is 0 Å². The Balaban J connectivity index is 2.52. The summed E-state index contributed by atoms with van der Waals surface area (Å²) < 4.78 is 6.75. The van der Waals surface area contributed by atoms with E-state index in [1.807, 2.05) is 0 Å². The molecule has 0 heterocycles. The first-order valence-corrected chi connectivity index (χ1v) is 8.15. The third-order valence-corrected chi connectivity index (χ3v) is 3.84. The van der Waals surface area contributed by atoms with Gasteiger partial charge < -0.3 is 15.0 Å². The highest BCUT2D eigenvalue weighted by Crippen LogP contribution is 2.23. The van der Waals surface area contributed by atoms with E-state index in [1.165, 1.54) is 11.3 Å². The highest BCUT2D eigenvalue weighted by molar-refractivity contribution is 9.10. The zero-order chi connectivity index (χ0) is 15.0. The van der Waals surface area contributed by atoms with Crippen LogP contribution in [0.4, 0.5) is 5.69 Å². The number of anilines is 1. The second kappa shape index (κ2) is 9.37. The van der Waals surface area contributed by atoms with Crippen molar-refractivity contribution in [3.05, 3.63) is 28.2 Å². The molecule has 0 aliphatic carbocycles. The molecule has 0 radical (unpaired) electrons. The molecule has 0 aromatic heterocycles. The van der Waals surface area contributed by atoms with Gasteiger partial charge in [-0.15, -0.1) is 0 Å². The molecule has 114 valence electrons. The molecular formula is C16H27BrN2O. The maximum atomic E-state index is 5.59. The van der Waals surface area contributed by atoms with Gasteiger partial charge in [-0.25, -0.2) is 0 Å². The van der Waals surface area contributed by atoms with Gasteiger partial charge in [0, 0.05) is 30.3 Å². The van der Waals surface area contributed by atoms with Gasteiger partial charge in [-0.1, -0.05) is 28.9 Å². The molecule has 20 heavy (non-hydrogen) atoms. The maximum Gasteiger partial charge on any atom is 0.0644 e. The predicted octanol–water partition coefficient (Wildman–Crippen LogP) is 3.81. The number of likely N-dealkylation sites (N-methyl/N-ethyl adjacent to an activating group) is 1. The van der Waals surface area contributed by atoms with E-state index in [2.05, 4.69) is 72.2 Å². The average molecular weight is 343 g/mol. The molecule has 0 atom stereocenters. The second-order valence-electron chi connectivity index (χ2n) is 5.29. The van der Waals surface area contributed by atoms with Crippen LogP contribution >= 0.6 is 15.9 Å². The molecule has 0 fully saturated rings. The molecule has 1 N–H and O–H groups in total. The Labute approximate surface area is 131 Å². The number of nitrogens with one attached hydrogen (secondary N) is 1. The maximum absolute atomic E-state index is 5.59.